The van der Waals surface area contributed by atoms with Crippen LogP contribution in [0.25, 0.3) is 11.0 Å². The van der Waals surface area contributed by atoms with Gasteiger partial charge in [0.2, 0.25) is 5.95 Å². The maximum atomic E-state index is 14.4. The number of nitrogens with one attached hydrogen (secondary N) is 3. The van der Waals surface area contributed by atoms with Gasteiger partial charge >= 0.3 is 0 Å². The second-order valence-electron chi connectivity index (χ2n) is 5.20. The second-order valence-corrected chi connectivity index (χ2v) is 5.20. The largest absolute Gasteiger partial charge is 0.380 e. The second kappa shape index (κ2) is 5.44. The van der Waals surface area contributed by atoms with E-state index >= 15 is 0 Å². The summed E-state index contributed by atoms with van der Waals surface area (Å²) in [7, 11) is 0. The molecule has 0 aliphatic heterocycles. The van der Waals surface area contributed by atoms with Crippen LogP contribution in [0.4, 0.5) is 21.7 Å². The van der Waals surface area contributed by atoms with Gasteiger partial charge < -0.3 is 15.6 Å². The molecule has 1 aromatic heterocycles. The number of rotatable bonds is 4. The van der Waals surface area contributed by atoms with Gasteiger partial charge in [-0.3, -0.25) is 0 Å². The Labute approximate surface area is 122 Å². The third-order valence-electron chi connectivity index (χ3n) is 3.07. The van der Waals surface area contributed by atoms with Gasteiger partial charge in [-0.05, 0) is 38.1 Å². The number of para-hydroxylation sites is 1. The van der Waals surface area contributed by atoms with E-state index in [2.05, 4.69) is 20.6 Å². The van der Waals surface area contributed by atoms with E-state index in [1.54, 1.807) is 6.07 Å². The molecule has 4 nitrogen and oxygen atoms in total. The maximum Gasteiger partial charge on any atom is 0.205 e. The van der Waals surface area contributed by atoms with Crippen molar-refractivity contribution in [3.63, 3.8) is 0 Å². The molecule has 0 radical (unpaired) electrons. The fourth-order valence-electron chi connectivity index (χ4n) is 2.18. The van der Waals surface area contributed by atoms with Crippen molar-refractivity contribution in [3.05, 3.63) is 48.3 Å². The summed E-state index contributed by atoms with van der Waals surface area (Å²) in [6.07, 6.45) is 0. The van der Waals surface area contributed by atoms with Crippen LogP contribution in [0.3, 0.4) is 0 Å². The molecule has 0 saturated carbocycles. The van der Waals surface area contributed by atoms with Crippen molar-refractivity contribution < 1.29 is 4.39 Å². The van der Waals surface area contributed by atoms with E-state index in [4.69, 9.17) is 0 Å². The van der Waals surface area contributed by atoms with Crippen molar-refractivity contribution in [1.82, 2.24) is 9.97 Å². The van der Waals surface area contributed by atoms with Gasteiger partial charge in [0.25, 0.3) is 0 Å². The van der Waals surface area contributed by atoms with E-state index in [0.717, 1.165) is 5.69 Å². The summed E-state index contributed by atoms with van der Waals surface area (Å²) < 4.78 is 14.4. The van der Waals surface area contributed by atoms with Crippen LogP contribution in [0.2, 0.25) is 0 Å². The van der Waals surface area contributed by atoms with E-state index in [1.165, 1.54) is 0 Å². The molecule has 3 N–H and O–H groups in total. The lowest BCUT2D eigenvalue weighted by Crippen LogP contribution is -2.11. The molecule has 0 amide bonds. The Bertz CT molecular complexity index is 750. The predicted octanol–water partition coefficient (Wildman–Crippen LogP) is 4.27. The quantitative estimate of drug-likeness (QED) is 0.670. The molecular formula is C16H17FN4. The minimum atomic E-state index is -0.335. The summed E-state index contributed by atoms with van der Waals surface area (Å²) in [5, 5.41) is 6.20. The molecule has 3 aromatic rings. The van der Waals surface area contributed by atoms with Crippen LogP contribution in [0.5, 0.6) is 0 Å². The number of H-pyrrole nitrogens is 1. The molecule has 0 saturated heterocycles. The van der Waals surface area contributed by atoms with E-state index in [9.17, 15) is 4.39 Å². The first-order valence-electron chi connectivity index (χ1n) is 6.90. The molecule has 2 aromatic carbocycles. The molecule has 21 heavy (non-hydrogen) atoms. The van der Waals surface area contributed by atoms with Gasteiger partial charge in [-0.25, -0.2) is 9.37 Å². The fraction of sp³-hybridized carbons (Fsp3) is 0.188. The number of fused-ring (bicyclic) bond motifs is 1. The molecule has 0 unspecified atom stereocenters. The Morgan fingerprint density at radius 3 is 2.57 bits per heavy atom. The lowest BCUT2D eigenvalue weighted by Gasteiger charge is -2.10. The molecule has 0 bridgehead atoms. The van der Waals surface area contributed by atoms with Crippen LogP contribution in [-0.2, 0) is 0 Å². The van der Waals surface area contributed by atoms with Crippen LogP contribution in [0.1, 0.15) is 13.8 Å². The number of anilines is 3. The highest BCUT2D eigenvalue weighted by molar-refractivity contribution is 5.83. The Morgan fingerprint density at radius 1 is 1.10 bits per heavy atom. The lowest BCUT2D eigenvalue weighted by atomic mass is 10.2. The van der Waals surface area contributed by atoms with Gasteiger partial charge in [-0.2, -0.15) is 0 Å². The lowest BCUT2D eigenvalue weighted by molar-refractivity contribution is 0.637. The average molecular weight is 284 g/mol. The Hall–Kier alpha value is -2.56. The zero-order valence-corrected chi connectivity index (χ0v) is 11.9. The minimum absolute atomic E-state index is 0.165. The van der Waals surface area contributed by atoms with E-state index in [1.807, 2.05) is 50.2 Å². The monoisotopic (exact) mass is 284 g/mol. The number of aromatic amines is 1. The summed E-state index contributed by atoms with van der Waals surface area (Å²) in [6.45, 7) is 3.94. The van der Waals surface area contributed by atoms with Crippen molar-refractivity contribution in [2.24, 2.45) is 0 Å². The number of aromatic nitrogens is 2. The summed E-state index contributed by atoms with van der Waals surface area (Å²) in [4.78, 5) is 7.37. The molecule has 3 rings (SSSR count). The Balaban J connectivity index is 1.94. The van der Waals surface area contributed by atoms with Crippen LogP contribution in [0.15, 0.2) is 42.5 Å². The summed E-state index contributed by atoms with van der Waals surface area (Å²) in [5.74, 6) is 0.190. The highest BCUT2D eigenvalue weighted by atomic mass is 19.1. The highest BCUT2D eigenvalue weighted by Gasteiger charge is 2.12. The first kappa shape index (κ1) is 13.4. The summed E-state index contributed by atoms with van der Waals surface area (Å²) in [5.41, 5.74) is 2.37. The van der Waals surface area contributed by atoms with E-state index < -0.39 is 0 Å². The van der Waals surface area contributed by atoms with E-state index in [-0.39, 0.29) is 11.9 Å². The molecule has 0 spiro atoms. The molecule has 108 valence electrons. The molecular weight excluding hydrogens is 267 g/mol. The molecule has 0 fully saturated rings. The van der Waals surface area contributed by atoms with Crippen LogP contribution in [-0.4, -0.2) is 16.0 Å². The number of nitrogens with zero attached hydrogens (tertiary/aromatic N) is 1. The standard InChI is InChI=1S/C16H17FN4/c1-10(2)18-12-8-9-13-15(14(12)17)21-16(20-13)19-11-6-4-3-5-7-11/h3-10,18H,1-2H3,(H2,19,20,21). The number of imidazole rings is 1. The topological polar surface area (TPSA) is 52.7 Å². The highest BCUT2D eigenvalue weighted by Crippen LogP contribution is 2.25. The summed E-state index contributed by atoms with van der Waals surface area (Å²) in [6, 6.07) is 13.4. The zero-order valence-electron chi connectivity index (χ0n) is 11.9. The number of hydrogen-bond acceptors (Lipinski definition) is 3. The van der Waals surface area contributed by atoms with Crippen LogP contribution in [0, 0.1) is 5.82 Å². The van der Waals surface area contributed by atoms with Crippen molar-refractivity contribution in [2.75, 3.05) is 10.6 Å². The first-order valence-corrected chi connectivity index (χ1v) is 6.90. The predicted molar refractivity (Wildman–Crippen MR) is 84.5 cm³/mol. The van der Waals surface area contributed by atoms with Crippen LogP contribution >= 0.6 is 0 Å². The van der Waals surface area contributed by atoms with Gasteiger partial charge in [0.05, 0.1) is 11.2 Å². The van der Waals surface area contributed by atoms with Gasteiger partial charge in [-0.1, -0.05) is 18.2 Å². The third kappa shape index (κ3) is 2.81. The molecule has 5 heteroatoms. The SMILES string of the molecule is CC(C)Nc1ccc2[nH]c(Nc3ccccc3)nc2c1F. The number of benzene rings is 2. The zero-order chi connectivity index (χ0) is 14.8. The Kier molecular flexibility index (Phi) is 3.48. The van der Waals surface area contributed by atoms with Crippen LogP contribution < -0.4 is 10.6 Å². The van der Waals surface area contributed by atoms with Gasteiger partial charge in [0.15, 0.2) is 5.82 Å². The number of hydrogen-bond donors (Lipinski definition) is 3. The number of halogens is 1. The smallest absolute Gasteiger partial charge is 0.205 e. The molecule has 1 heterocycles. The average Bonchev–Trinajstić information content (AvgIpc) is 2.86. The van der Waals surface area contributed by atoms with Crippen molar-refractivity contribution in [3.8, 4) is 0 Å². The first-order chi connectivity index (χ1) is 10.1. The van der Waals surface area contributed by atoms with Gasteiger partial charge in [0, 0.05) is 11.7 Å². The van der Waals surface area contributed by atoms with Gasteiger partial charge in [0.1, 0.15) is 5.52 Å². The van der Waals surface area contributed by atoms with Crippen molar-refractivity contribution in [2.45, 2.75) is 19.9 Å². The Morgan fingerprint density at radius 2 is 1.86 bits per heavy atom. The third-order valence-corrected chi connectivity index (χ3v) is 3.07. The maximum absolute atomic E-state index is 14.4. The fourth-order valence-corrected chi connectivity index (χ4v) is 2.18. The molecule has 0 aliphatic rings. The summed E-state index contributed by atoms with van der Waals surface area (Å²) >= 11 is 0. The molecule has 0 atom stereocenters. The van der Waals surface area contributed by atoms with E-state index in [0.29, 0.717) is 22.7 Å². The van der Waals surface area contributed by atoms with Gasteiger partial charge in [-0.15, -0.1) is 0 Å². The normalized spacial score (nSPS) is 11.0. The minimum Gasteiger partial charge on any atom is -0.380 e. The van der Waals surface area contributed by atoms with Crippen molar-refractivity contribution >= 4 is 28.4 Å². The molecule has 0 aliphatic carbocycles. The van der Waals surface area contributed by atoms with Crippen molar-refractivity contribution in [1.29, 1.82) is 0 Å².